The van der Waals surface area contributed by atoms with Gasteiger partial charge in [-0.05, 0) is 62.6 Å². The molecule has 0 aliphatic heterocycles. The zero-order chi connectivity index (χ0) is 13.8. The number of hydrogen-bond donors (Lipinski definition) is 1. The molecule has 2 heteroatoms. The average molecular weight is 273 g/mol. The predicted molar refractivity (Wildman–Crippen MR) is 82.9 cm³/mol. The summed E-state index contributed by atoms with van der Waals surface area (Å²) in [5.74, 6) is 0.818. The Morgan fingerprint density at radius 3 is 2.95 bits per heavy atom. The molecule has 20 heavy (non-hydrogen) atoms. The zero-order valence-corrected chi connectivity index (χ0v) is 12.6. The molecule has 0 bridgehead atoms. The highest BCUT2D eigenvalue weighted by molar-refractivity contribution is 5.31. The molecule has 1 saturated carbocycles. The highest BCUT2D eigenvalue weighted by atomic mass is 16.5. The maximum absolute atomic E-state index is 6.24. The lowest BCUT2D eigenvalue weighted by Gasteiger charge is -2.27. The molecule has 1 fully saturated rings. The van der Waals surface area contributed by atoms with Crippen molar-refractivity contribution in [3.8, 4) is 0 Å². The van der Waals surface area contributed by atoms with Gasteiger partial charge in [-0.15, -0.1) is 0 Å². The lowest BCUT2D eigenvalue weighted by molar-refractivity contribution is 0.0314. The van der Waals surface area contributed by atoms with E-state index in [9.17, 15) is 0 Å². The summed E-state index contributed by atoms with van der Waals surface area (Å²) in [6, 6.07) is 9.53. The smallest absolute Gasteiger partial charge is 0.0827 e. The average Bonchev–Trinajstić information content (AvgIpc) is 2.95. The van der Waals surface area contributed by atoms with Crippen molar-refractivity contribution in [2.45, 2.75) is 57.1 Å². The van der Waals surface area contributed by atoms with Crippen molar-refractivity contribution < 1.29 is 4.74 Å². The summed E-state index contributed by atoms with van der Waals surface area (Å²) in [6.07, 6.45) is 9.33. The van der Waals surface area contributed by atoms with Crippen LogP contribution in [0.3, 0.4) is 0 Å². The third kappa shape index (κ3) is 3.07. The first-order valence-corrected chi connectivity index (χ1v) is 8.25. The molecule has 2 nitrogen and oxygen atoms in total. The van der Waals surface area contributed by atoms with E-state index in [1.54, 1.807) is 0 Å². The second-order valence-electron chi connectivity index (χ2n) is 6.33. The van der Waals surface area contributed by atoms with Gasteiger partial charge in [0.05, 0.1) is 6.10 Å². The maximum Gasteiger partial charge on any atom is 0.0827 e. The van der Waals surface area contributed by atoms with Crippen molar-refractivity contribution >= 4 is 0 Å². The van der Waals surface area contributed by atoms with Crippen LogP contribution in [0.4, 0.5) is 0 Å². The molecule has 1 aromatic rings. The SMILES string of the molecule is CNC1CCCC1CCOC1CCCc2ccccc21. The van der Waals surface area contributed by atoms with E-state index in [0.717, 1.165) is 18.6 Å². The number of benzene rings is 1. The summed E-state index contributed by atoms with van der Waals surface area (Å²) in [5, 5.41) is 3.46. The molecule has 3 rings (SSSR count). The number of fused-ring (bicyclic) bond motifs is 1. The first-order chi connectivity index (χ1) is 9.88. The highest BCUT2D eigenvalue weighted by Crippen LogP contribution is 2.33. The minimum Gasteiger partial charge on any atom is -0.374 e. The Bertz CT molecular complexity index is 431. The van der Waals surface area contributed by atoms with Gasteiger partial charge in [0.2, 0.25) is 0 Å². The summed E-state index contributed by atoms with van der Waals surface area (Å²) in [7, 11) is 2.10. The Balaban J connectivity index is 1.52. The van der Waals surface area contributed by atoms with Gasteiger partial charge >= 0.3 is 0 Å². The molecule has 0 aromatic heterocycles. The Hall–Kier alpha value is -0.860. The third-order valence-corrected chi connectivity index (χ3v) is 5.15. The van der Waals surface area contributed by atoms with Crippen LogP contribution in [0.5, 0.6) is 0 Å². The summed E-state index contributed by atoms with van der Waals surface area (Å²) in [6.45, 7) is 0.918. The van der Waals surface area contributed by atoms with Gasteiger partial charge in [0.25, 0.3) is 0 Å². The quantitative estimate of drug-likeness (QED) is 0.879. The molecule has 0 radical (unpaired) electrons. The molecule has 110 valence electrons. The van der Waals surface area contributed by atoms with Crippen molar-refractivity contribution in [2.24, 2.45) is 5.92 Å². The first-order valence-electron chi connectivity index (χ1n) is 8.25. The molecule has 0 amide bonds. The Labute approximate surface area is 122 Å². The summed E-state index contributed by atoms with van der Waals surface area (Å²) in [5.41, 5.74) is 2.94. The van der Waals surface area contributed by atoms with Crippen molar-refractivity contribution in [1.29, 1.82) is 0 Å². The third-order valence-electron chi connectivity index (χ3n) is 5.15. The molecular weight excluding hydrogens is 246 g/mol. The van der Waals surface area contributed by atoms with Gasteiger partial charge in [-0.25, -0.2) is 0 Å². The van der Waals surface area contributed by atoms with Crippen LogP contribution in [0, 0.1) is 5.92 Å². The molecule has 3 unspecified atom stereocenters. The number of aryl methyl sites for hydroxylation is 1. The molecule has 0 heterocycles. The lowest BCUT2D eigenvalue weighted by Crippen LogP contribution is -2.29. The van der Waals surface area contributed by atoms with Gasteiger partial charge in [0.15, 0.2) is 0 Å². The van der Waals surface area contributed by atoms with Crippen molar-refractivity contribution in [1.82, 2.24) is 5.32 Å². The normalized spacial score (nSPS) is 29.4. The zero-order valence-electron chi connectivity index (χ0n) is 12.6. The molecule has 1 aromatic carbocycles. The minimum absolute atomic E-state index is 0.342. The molecular formula is C18H27NO. The van der Waals surface area contributed by atoms with Crippen molar-refractivity contribution in [3.05, 3.63) is 35.4 Å². The summed E-state index contributed by atoms with van der Waals surface area (Å²) in [4.78, 5) is 0. The predicted octanol–water partition coefficient (Wildman–Crippen LogP) is 3.86. The van der Waals surface area contributed by atoms with E-state index >= 15 is 0 Å². The molecule has 3 atom stereocenters. The van der Waals surface area contributed by atoms with Crippen LogP contribution in [0.2, 0.25) is 0 Å². The van der Waals surface area contributed by atoms with E-state index in [2.05, 4.69) is 36.6 Å². The fourth-order valence-electron chi connectivity index (χ4n) is 4.01. The van der Waals surface area contributed by atoms with Crippen LogP contribution in [-0.2, 0) is 11.2 Å². The number of ether oxygens (including phenoxy) is 1. The molecule has 0 saturated heterocycles. The van der Waals surface area contributed by atoms with E-state index in [4.69, 9.17) is 4.74 Å². The van der Waals surface area contributed by atoms with Gasteiger partial charge in [0, 0.05) is 12.6 Å². The van der Waals surface area contributed by atoms with Crippen molar-refractivity contribution in [2.75, 3.05) is 13.7 Å². The number of nitrogens with one attached hydrogen (secondary N) is 1. The van der Waals surface area contributed by atoms with Crippen LogP contribution >= 0.6 is 0 Å². The van der Waals surface area contributed by atoms with E-state index in [1.165, 1.54) is 56.1 Å². The van der Waals surface area contributed by atoms with Crippen LogP contribution < -0.4 is 5.32 Å². The second-order valence-corrected chi connectivity index (χ2v) is 6.33. The van der Waals surface area contributed by atoms with E-state index < -0.39 is 0 Å². The van der Waals surface area contributed by atoms with Gasteiger partial charge in [0.1, 0.15) is 0 Å². The summed E-state index contributed by atoms with van der Waals surface area (Å²) >= 11 is 0. The van der Waals surface area contributed by atoms with E-state index in [-0.39, 0.29) is 0 Å². The molecule has 1 N–H and O–H groups in total. The minimum atomic E-state index is 0.342. The first kappa shape index (κ1) is 14.1. The van der Waals surface area contributed by atoms with Gasteiger partial charge < -0.3 is 10.1 Å². The van der Waals surface area contributed by atoms with E-state index in [1.807, 2.05) is 0 Å². The van der Waals surface area contributed by atoms with Gasteiger partial charge in [-0.1, -0.05) is 30.7 Å². The number of rotatable bonds is 5. The van der Waals surface area contributed by atoms with Gasteiger partial charge in [-0.2, -0.15) is 0 Å². The standard InChI is InChI=1S/C18H27NO/c1-19-17-10-4-8-15(17)12-13-20-18-11-5-7-14-6-2-3-9-16(14)18/h2-3,6,9,15,17-19H,4-5,7-8,10-13H2,1H3. The second kappa shape index (κ2) is 6.73. The van der Waals surface area contributed by atoms with Crippen LogP contribution in [0.1, 0.15) is 55.8 Å². The Morgan fingerprint density at radius 1 is 1.15 bits per heavy atom. The Kier molecular flexibility index (Phi) is 4.74. The van der Waals surface area contributed by atoms with Crippen LogP contribution in [-0.4, -0.2) is 19.7 Å². The monoisotopic (exact) mass is 273 g/mol. The summed E-state index contributed by atoms with van der Waals surface area (Å²) < 4.78 is 6.24. The fourth-order valence-corrected chi connectivity index (χ4v) is 4.01. The Morgan fingerprint density at radius 2 is 2.05 bits per heavy atom. The number of hydrogen-bond acceptors (Lipinski definition) is 2. The molecule has 0 spiro atoms. The van der Waals surface area contributed by atoms with Crippen molar-refractivity contribution in [3.63, 3.8) is 0 Å². The topological polar surface area (TPSA) is 21.3 Å². The van der Waals surface area contributed by atoms with Crippen LogP contribution in [0.25, 0.3) is 0 Å². The maximum atomic E-state index is 6.24. The lowest BCUT2D eigenvalue weighted by atomic mass is 9.89. The highest BCUT2D eigenvalue weighted by Gasteiger charge is 2.26. The largest absolute Gasteiger partial charge is 0.374 e. The van der Waals surface area contributed by atoms with E-state index in [0.29, 0.717) is 6.10 Å². The molecule has 2 aliphatic rings. The van der Waals surface area contributed by atoms with Crippen LogP contribution in [0.15, 0.2) is 24.3 Å². The molecule has 2 aliphatic carbocycles. The van der Waals surface area contributed by atoms with Gasteiger partial charge in [-0.3, -0.25) is 0 Å². The fraction of sp³-hybridized carbons (Fsp3) is 0.667.